The van der Waals surface area contributed by atoms with Crippen molar-refractivity contribution in [3.63, 3.8) is 0 Å². The molecule has 2 aromatic carbocycles. The molecule has 0 aliphatic heterocycles. The molecule has 0 heterocycles. The predicted octanol–water partition coefficient (Wildman–Crippen LogP) is 4.65. The van der Waals surface area contributed by atoms with Gasteiger partial charge in [0.1, 0.15) is 18.1 Å². The van der Waals surface area contributed by atoms with Crippen molar-refractivity contribution >= 4 is 29.1 Å². The van der Waals surface area contributed by atoms with Crippen LogP contribution in [0.1, 0.15) is 18.9 Å². The van der Waals surface area contributed by atoms with Crippen molar-refractivity contribution < 1.29 is 14.3 Å². The molecule has 1 atom stereocenters. The Kier molecular flexibility index (Phi) is 7.41. The molecular weight excluding hydrogens is 361 g/mol. The first-order valence-electron chi connectivity index (χ1n) is 8.09. The van der Waals surface area contributed by atoms with Crippen LogP contribution in [-0.4, -0.2) is 25.2 Å². The van der Waals surface area contributed by atoms with Gasteiger partial charge in [-0.25, -0.2) is 0 Å². The molecule has 25 heavy (non-hydrogen) atoms. The summed E-state index contributed by atoms with van der Waals surface area (Å²) < 4.78 is 11.3. The van der Waals surface area contributed by atoms with E-state index in [-0.39, 0.29) is 5.91 Å². The van der Waals surface area contributed by atoms with Crippen LogP contribution in [0.2, 0.25) is 10.0 Å². The van der Waals surface area contributed by atoms with Crippen molar-refractivity contribution in [2.45, 2.75) is 26.4 Å². The van der Waals surface area contributed by atoms with Gasteiger partial charge in [0, 0.05) is 5.02 Å². The van der Waals surface area contributed by atoms with Gasteiger partial charge in [0.25, 0.3) is 5.91 Å². The minimum Gasteiger partial charge on any atom is -0.492 e. The standard InChI is InChI=1S/C19H21Cl2NO3/c1-3-17(25-18-7-5-4-6-15(18)20)19(23)22-10-11-24-14-9-8-13(2)16(21)12-14/h4-9,12,17H,3,10-11H2,1-2H3,(H,22,23)/t17-/m0/s1. The van der Waals surface area contributed by atoms with E-state index in [1.807, 2.05) is 38.1 Å². The van der Waals surface area contributed by atoms with Crippen LogP contribution in [0.25, 0.3) is 0 Å². The summed E-state index contributed by atoms with van der Waals surface area (Å²) in [7, 11) is 0. The summed E-state index contributed by atoms with van der Waals surface area (Å²) in [5.74, 6) is 0.967. The van der Waals surface area contributed by atoms with E-state index in [9.17, 15) is 4.79 Å². The smallest absolute Gasteiger partial charge is 0.261 e. The number of para-hydroxylation sites is 1. The third-order valence-corrected chi connectivity index (χ3v) is 4.30. The predicted molar refractivity (Wildman–Crippen MR) is 101 cm³/mol. The van der Waals surface area contributed by atoms with E-state index in [0.29, 0.717) is 41.1 Å². The summed E-state index contributed by atoms with van der Waals surface area (Å²) >= 11 is 12.1. The molecule has 0 radical (unpaired) electrons. The molecule has 2 rings (SSSR count). The molecule has 0 unspecified atom stereocenters. The van der Waals surface area contributed by atoms with Crippen molar-refractivity contribution in [1.29, 1.82) is 0 Å². The first-order chi connectivity index (χ1) is 12.0. The summed E-state index contributed by atoms with van der Waals surface area (Å²) in [6.07, 6.45) is -0.0698. The van der Waals surface area contributed by atoms with Crippen molar-refractivity contribution in [1.82, 2.24) is 5.32 Å². The lowest BCUT2D eigenvalue weighted by atomic mass is 10.2. The van der Waals surface area contributed by atoms with Crippen molar-refractivity contribution in [2.75, 3.05) is 13.2 Å². The number of nitrogens with one attached hydrogen (secondary N) is 1. The van der Waals surface area contributed by atoms with Gasteiger partial charge >= 0.3 is 0 Å². The monoisotopic (exact) mass is 381 g/mol. The van der Waals surface area contributed by atoms with Crippen LogP contribution in [0, 0.1) is 6.92 Å². The maximum absolute atomic E-state index is 12.2. The zero-order valence-corrected chi connectivity index (χ0v) is 15.7. The summed E-state index contributed by atoms with van der Waals surface area (Å²) in [5, 5.41) is 3.94. The molecule has 0 saturated carbocycles. The van der Waals surface area contributed by atoms with E-state index in [2.05, 4.69) is 5.32 Å². The second-order valence-corrected chi connectivity index (χ2v) is 6.31. The zero-order chi connectivity index (χ0) is 18.2. The van der Waals surface area contributed by atoms with Crippen molar-refractivity contribution in [3.8, 4) is 11.5 Å². The van der Waals surface area contributed by atoms with E-state index in [1.165, 1.54) is 0 Å². The zero-order valence-electron chi connectivity index (χ0n) is 14.2. The third kappa shape index (κ3) is 5.83. The molecule has 134 valence electrons. The summed E-state index contributed by atoms with van der Waals surface area (Å²) in [4.78, 5) is 12.2. The van der Waals surface area contributed by atoms with Crippen LogP contribution in [0.5, 0.6) is 11.5 Å². The van der Waals surface area contributed by atoms with E-state index >= 15 is 0 Å². The molecule has 0 aromatic heterocycles. The lowest BCUT2D eigenvalue weighted by Crippen LogP contribution is -2.39. The van der Waals surface area contributed by atoms with Gasteiger partial charge in [-0.2, -0.15) is 0 Å². The Hall–Kier alpha value is -1.91. The van der Waals surface area contributed by atoms with Crippen LogP contribution in [-0.2, 0) is 4.79 Å². The molecule has 0 spiro atoms. The summed E-state index contributed by atoms with van der Waals surface area (Å²) in [6.45, 7) is 4.52. The average Bonchev–Trinajstić information content (AvgIpc) is 2.60. The van der Waals surface area contributed by atoms with E-state index in [1.54, 1.807) is 18.2 Å². The largest absolute Gasteiger partial charge is 0.492 e. The lowest BCUT2D eigenvalue weighted by molar-refractivity contribution is -0.128. The van der Waals surface area contributed by atoms with Crippen molar-refractivity contribution in [3.05, 3.63) is 58.1 Å². The van der Waals surface area contributed by atoms with E-state index < -0.39 is 6.10 Å². The molecule has 0 aliphatic carbocycles. The number of benzene rings is 2. The van der Waals surface area contributed by atoms with E-state index in [0.717, 1.165) is 5.56 Å². The van der Waals surface area contributed by atoms with Crippen LogP contribution in [0.3, 0.4) is 0 Å². The second-order valence-electron chi connectivity index (χ2n) is 5.50. The number of ether oxygens (including phenoxy) is 2. The first kappa shape index (κ1) is 19.4. The van der Waals surface area contributed by atoms with Gasteiger partial charge in [-0.1, -0.05) is 48.3 Å². The Labute approximate surface area is 158 Å². The highest BCUT2D eigenvalue weighted by Gasteiger charge is 2.18. The minimum absolute atomic E-state index is 0.201. The van der Waals surface area contributed by atoms with Crippen LogP contribution in [0.4, 0.5) is 0 Å². The molecule has 4 nitrogen and oxygen atoms in total. The highest BCUT2D eigenvalue weighted by Crippen LogP contribution is 2.25. The third-order valence-electron chi connectivity index (χ3n) is 3.58. The van der Waals surface area contributed by atoms with Crippen LogP contribution < -0.4 is 14.8 Å². The Morgan fingerprint density at radius 1 is 1.16 bits per heavy atom. The van der Waals surface area contributed by atoms with Crippen molar-refractivity contribution in [2.24, 2.45) is 0 Å². The van der Waals surface area contributed by atoms with Gasteiger partial charge < -0.3 is 14.8 Å². The van der Waals surface area contributed by atoms with Crippen LogP contribution in [0.15, 0.2) is 42.5 Å². The fraction of sp³-hybridized carbons (Fsp3) is 0.316. The molecule has 6 heteroatoms. The number of amides is 1. The summed E-state index contributed by atoms with van der Waals surface area (Å²) in [5.41, 5.74) is 0.991. The fourth-order valence-corrected chi connectivity index (χ4v) is 2.49. The van der Waals surface area contributed by atoms with Crippen LogP contribution >= 0.6 is 23.2 Å². The number of halogens is 2. The number of carbonyl (C=O) groups excluding carboxylic acids is 1. The molecule has 1 N–H and O–H groups in total. The maximum Gasteiger partial charge on any atom is 0.261 e. The SMILES string of the molecule is CC[C@H](Oc1ccccc1Cl)C(=O)NCCOc1ccc(C)c(Cl)c1. The molecule has 1 amide bonds. The molecule has 0 bridgehead atoms. The second kappa shape index (κ2) is 9.54. The number of aryl methyl sites for hydroxylation is 1. The topological polar surface area (TPSA) is 47.6 Å². The lowest BCUT2D eigenvalue weighted by Gasteiger charge is -2.18. The number of hydrogen-bond donors (Lipinski definition) is 1. The average molecular weight is 382 g/mol. The minimum atomic E-state index is -0.603. The Morgan fingerprint density at radius 3 is 2.60 bits per heavy atom. The maximum atomic E-state index is 12.2. The molecule has 0 aliphatic rings. The number of carbonyl (C=O) groups is 1. The van der Waals surface area contributed by atoms with Gasteiger partial charge in [0.05, 0.1) is 11.6 Å². The Balaban J connectivity index is 1.79. The fourth-order valence-electron chi connectivity index (χ4n) is 2.14. The molecule has 0 saturated heterocycles. The highest BCUT2D eigenvalue weighted by molar-refractivity contribution is 6.32. The quantitative estimate of drug-likeness (QED) is 0.676. The van der Waals surface area contributed by atoms with E-state index in [4.69, 9.17) is 32.7 Å². The highest BCUT2D eigenvalue weighted by atomic mass is 35.5. The molecular formula is C19H21Cl2NO3. The normalized spacial score (nSPS) is 11.7. The van der Waals surface area contributed by atoms with Gasteiger partial charge in [-0.05, 0) is 43.2 Å². The summed E-state index contributed by atoms with van der Waals surface area (Å²) in [6, 6.07) is 12.6. The van der Waals surface area contributed by atoms with Gasteiger partial charge in [0.15, 0.2) is 6.10 Å². The first-order valence-corrected chi connectivity index (χ1v) is 8.84. The Morgan fingerprint density at radius 2 is 1.92 bits per heavy atom. The number of rotatable bonds is 8. The number of hydrogen-bond acceptors (Lipinski definition) is 3. The molecule has 2 aromatic rings. The Bertz CT molecular complexity index is 722. The van der Waals surface area contributed by atoms with Gasteiger partial charge in [-0.3, -0.25) is 4.79 Å². The van der Waals surface area contributed by atoms with Gasteiger partial charge in [0.2, 0.25) is 0 Å². The molecule has 0 fully saturated rings. The van der Waals surface area contributed by atoms with Gasteiger partial charge in [-0.15, -0.1) is 0 Å².